The third kappa shape index (κ3) is 3.67. The molecule has 0 fully saturated rings. The van der Waals surface area contributed by atoms with E-state index in [2.05, 4.69) is 38.3 Å². The average Bonchev–Trinajstić information content (AvgIpc) is 2.96. The lowest BCUT2D eigenvalue weighted by Crippen LogP contribution is -1.80. The summed E-state index contributed by atoms with van der Waals surface area (Å²) in [6.07, 6.45) is 0. The van der Waals surface area contributed by atoms with Crippen molar-refractivity contribution < 1.29 is 4.42 Å². The molecule has 0 spiro atoms. The third-order valence-electron chi connectivity index (χ3n) is 2.79. The van der Waals surface area contributed by atoms with E-state index in [4.69, 9.17) is 16.0 Å². The van der Waals surface area contributed by atoms with Gasteiger partial charge in [0.1, 0.15) is 0 Å². The standard InChI is InChI=1S/C15H10BrClN2OS/c16-11-7-5-10(6-8-11)9-21-15-19-18-14(20-15)12-3-1-2-4-13(12)17/h1-8H,9H2. The predicted molar refractivity (Wildman–Crippen MR) is 88.4 cm³/mol. The maximum atomic E-state index is 6.12. The van der Waals surface area contributed by atoms with Crippen molar-refractivity contribution in [3.8, 4) is 11.5 Å². The van der Waals surface area contributed by atoms with E-state index in [9.17, 15) is 0 Å². The molecule has 1 aromatic heterocycles. The minimum atomic E-state index is 0.443. The lowest BCUT2D eigenvalue weighted by molar-refractivity contribution is 0.466. The lowest BCUT2D eigenvalue weighted by atomic mass is 10.2. The van der Waals surface area contributed by atoms with Crippen LogP contribution in [0, 0.1) is 0 Å². The van der Waals surface area contributed by atoms with Gasteiger partial charge in [0.25, 0.3) is 5.22 Å². The van der Waals surface area contributed by atoms with Gasteiger partial charge in [0.05, 0.1) is 10.6 Å². The Kier molecular flexibility index (Phi) is 4.63. The SMILES string of the molecule is Clc1ccccc1-c1nnc(SCc2ccc(Br)cc2)o1. The maximum Gasteiger partial charge on any atom is 0.277 e. The van der Waals surface area contributed by atoms with Gasteiger partial charge in [0, 0.05) is 10.2 Å². The Morgan fingerprint density at radius 3 is 2.57 bits per heavy atom. The summed E-state index contributed by atoms with van der Waals surface area (Å²) in [5.74, 6) is 1.22. The average molecular weight is 382 g/mol. The number of thioether (sulfide) groups is 1. The third-order valence-corrected chi connectivity index (χ3v) is 4.53. The van der Waals surface area contributed by atoms with Crippen LogP contribution in [0.4, 0.5) is 0 Å². The Hall–Kier alpha value is -1.30. The molecule has 0 unspecified atom stereocenters. The Labute approximate surface area is 139 Å². The zero-order chi connectivity index (χ0) is 14.7. The Morgan fingerprint density at radius 2 is 1.81 bits per heavy atom. The van der Waals surface area contributed by atoms with E-state index in [1.165, 1.54) is 17.3 Å². The Morgan fingerprint density at radius 1 is 1.05 bits per heavy atom. The predicted octanol–water partition coefficient (Wildman–Crippen LogP) is 5.44. The molecule has 0 atom stereocenters. The molecule has 1 heterocycles. The fourth-order valence-corrected chi connectivity index (χ4v) is 2.94. The van der Waals surface area contributed by atoms with Gasteiger partial charge in [-0.3, -0.25) is 0 Å². The minimum Gasteiger partial charge on any atom is -0.411 e. The molecule has 0 aliphatic carbocycles. The zero-order valence-corrected chi connectivity index (χ0v) is 14.0. The van der Waals surface area contributed by atoms with Crippen molar-refractivity contribution in [3.63, 3.8) is 0 Å². The Bertz CT molecular complexity index is 745. The first-order valence-electron chi connectivity index (χ1n) is 6.18. The molecule has 0 radical (unpaired) electrons. The van der Waals surface area contributed by atoms with Crippen LogP contribution in [0.3, 0.4) is 0 Å². The first kappa shape index (κ1) is 14.6. The highest BCUT2D eigenvalue weighted by Gasteiger charge is 2.11. The summed E-state index contributed by atoms with van der Waals surface area (Å²) in [7, 11) is 0. The lowest BCUT2D eigenvalue weighted by Gasteiger charge is -1.99. The van der Waals surface area contributed by atoms with Crippen molar-refractivity contribution in [2.24, 2.45) is 0 Å². The molecule has 0 saturated carbocycles. The normalized spacial score (nSPS) is 10.8. The summed E-state index contributed by atoms with van der Waals surface area (Å²) in [5.41, 5.74) is 1.95. The molecule has 3 aromatic rings. The van der Waals surface area contributed by atoms with Crippen molar-refractivity contribution in [3.05, 3.63) is 63.6 Å². The van der Waals surface area contributed by atoms with E-state index in [0.29, 0.717) is 16.1 Å². The van der Waals surface area contributed by atoms with E-state index in [0.717, 1.165) is 15.8 Å². The second-order valence-corrected chi connectivity index (χ2v) is 6.52. The van der Waals surface area contributed by atoms with Crippen molar-refractivity contribution in [1.82, 2.24) is 10.2 Å². The highest BCUT2D eigenvalue weighted by Crippen LogP contribution is 2.29. The van der Waals surface area contributed by atoms with Gasteiger partial charge in [-0.2, -0.15) is 0 Å². The summed E-state index contributed by atoms with van der Waals surface area (Å²) >= 11 is 11.0. The molecule has 3 rings (SSSR count). The fourth-order valence-electron chi connectivity index (χ4n) is 1.74. The molecule has 21 heavy (non-hydrogen) atoms. The van der Waals surface area contributed by atoms with Gasteiger partial charge >= 0.3 is 0 Å². The van der Waals surface area contributed by atoms with Crippen LogP contribution < -0.4 is 0 Å². The molecule has 106 valence electrons. The van der Waals surface area contributed by atoms with Crippen LogP contribution in [0.25, 0.3) is 11.5 Å². The van der Waals surface area contributed by atoms with Gasteiger partial charge in [-0.25, -0.2) is 0 Å². The maximum absolute atomic E-state index is 6.12. The second kappa shape index (κ2) is 6.64. The van der Waals surface area contributed by atoms with Crippen LogP contribution in [0.1, 0.15) is 5.56 Å². The molecule has 0 N–H and O–H groups in total. The van der Waals surface area contributed by atoms with Crippen molar-refractivity contribution in [2.45, 2.75) is 11.0 Å². The smallest absolute Gasteiger partial charge is 0.277 e. The topological polar surface area (TPSA) is 38.9 Å². The minimum absolute atomic E-state index is 0.443. The molecule has 0 aliphatic heterocycles. The highest BCUT2D eigenvalue weighted by atomic mass is 79.9. The number of rotatable bonds is 4. The number of nitrogens with zero attached hydrogens (tertiary/aromatic N) is 2. The van der Waals surface area contributed by atoms with Crippen LogP contribution in [0.2, 0.25) is 5.02 Å². The molecular weight excluding hydrogens is 372 g/mol. The van der Waals surface area contributed by atoms with E-state index < -0.39 is 0 Å². The molecule has 3 nitrogen and oxygen atoms in total. The summed E-state index contributed by atoms with van der Waals surface area (Å²) < 4.78 is 6.71. The molecule has 0 aliphatic rings. The molecule has 2 aromatic carbocycles. The zero-order valence-electron chi connectivity index (χ0n) is 10.8. The van der Waals surface area contributed by atoms with E-state index in [-0.39, 0.29) is 0 Å². The monoisotopic (exact) mass is 380 g/mol. The number of benzene rings is 2. The van der Waals surface area contributed by atoms with E-state index >= 15 is 0 Å². The van der Waals surface area contributed by atoms with Crippen LogP contribution >= 0.6 is 39.3 Å². The molecule has 0 bridgehead atoms. The van der Waals surface area contributed by atoms with E-state index in [1.807, 2.05) is 30.3 Å². The van der Waals surface area contributed by atoms with Crippen molar-refractivity contribution in [1.29, 1.82) is 0 Å². The van der Waals surface area contributed by atoms with Gasteiger partial charge in [-0.05, 0) is 29.8 Å². The summed E-state index contributed by atoms with van der Waals surface area (Å²) in [6, 6.07) is 15.6. The van der Waals surface area contributed by atoms with Gasteiger partial charge in [-0.15, -0.1) is 10.2 Å². The van der Waals surface area contributed by atoms with Crippen LogP contribution in [0.5, 0.6) is 0 Å². The molecule has 6 heteroatoms. The largest absolute Gasteiger partial charge is 0.411 e. The van der Waals surface area contributed by atoms with Crippen molar-refractivity contribution in [2.75, 3.05) is 0 Å². The fraction of sp³-hybridized carbons (Fsp3) is 0.0667. The molecular formula is C15H10BrClN2OS. The Balaban J connectivity index is 1.71. The quantitative estimate of drug-likeness (QED) is 0.564. The summed E-state index contributed by atoms with van der Waals surface area (Å²) in [4.78, 5) is 0. The van der Waals surface area contributed by atoms with E-state index in [1.54, 1.807) is 6.07 Å². The second-order valence-electron chi connectivity index (χ2n) is 4.27. The first-order valence-corrected chi connectivity index (χ1v) is 8.34. The van der Waals surface area contributed by atoms with Crippen LogP contribution in [-0.4, -0.2) is 10.2 Å². The number of hydrogen-bond donors (Lipinski definition) is 0. The summed E-state index contributed by atoms with van der Waals surface area (Å²) in [6.45, 7) is 0. The number of halogens is 2. The number of aromatic nitrogens is 2. The summed E-state index contributed by atoms with van der Waals surface area (Å²) in [5, 5.41) is 9.23. The van der Waals surface area contributed by atoms with Crippen LogP contribution in [0.15, 0.2) is 62.6 Å². The highest BCUT2D eigenvalue weighted by molar-refractivity contribution is 9.10. The molecule has 0 amide bonds. The number of hydrogen-bond acceptors (Lipinski definition) is 4. The van der Waals surface area contributed by atoms with Crippen molar-refractivity contribution >= 4 is 39.3 Å². The van der Waals surface area contributed by atoms with Gasteiger partial charge in [0.15, 0.2) is 0 Å². The molecule has 0 saturated heterocycles. The van der Waals surface area contributed by atoms with Gasteiger partial charge in [0.2, 0.25) is 5.89 Å². The first-order chi connectivity index (χ1) is 10.2. The van der Waals surface area contributed by atoms with Gasteiger partial charge < -0.3 is 4.42 Å². The van der Waals surface area contributed by atoms with Gasteiger partial charge in [-0.1, -0.05) is 63.6 Å². The van der Waals surface area contributed by atoms with Crippen LogP contribution in [-0.2, 0) is 5.75 Å².